The normalized spacial score (nSPS) is 11.4. The zero-order valence-electron chi connectivity index (χ0n) is 20.8. The van der Waals surface area contributed by atoms with Crippen LogP contribution in [0.5, 0.6) is 0 Å². The summed E-state index contributed by atoms with van der Waals surface area (Å²) in [5, 5.41) is 2.57. The predicted molar refractivity (Wildman–Crippen MR) is 151 cm³/mol. The molecule has 35 heavy (non-hydrogen) atoms. The van der Waals surface area contributed by atoms with Crippen LogP contribution in [-0.4, -0.2) is 4.57 Å². The fourth-order valence-corrected chi connectivity index (χ4v) is 5.36. The molecule has 0 aliphatic rings. The zero-order valence-corrected chi connectivity index (χ0v) is 20.8. The molecule has 1 heterocycles. The van der Waals surface area contributed by atoms with E-state index in [9.17, 15) is 0 Å². The lowest BCUT2D eigenvalue weighted by atomic mass is 9.97. The molecule has 170 valence electrons. The maximum absolute atomic E-state index is 2.43. The fraction of sp³-hybridized carbons (Fsp3) is 0.118. The van der Waals surface area contributed by atoms with Crippen molar-refractivity contribution in [1.29, 1.82) is 0 Å². The van der Waals surface area contributed by atoms with E-state index in [2.05, 4.69) is 135 Å². The summed E-state index contributed by atoms with van der Waals surface area (Å²) in [4.78, 5) is 0. The van der Waals surface area contributed by atoms with Crippen molar-refractivity contribution in [2.24, 2.45) is 0 Å². The van der Waals surface area contributed by atoms with E-state index in [0.717, 1.165) is 0 Å². The average Bonchev–Trinajstić information content (AvgIpc) is 3.18. The van der Waals surface area contributed by atoms with Gasteiger partial charge in [-0.1, -0.05) is 90.0 Å². The van der Waals surface area contributed by atoms with Gasteiger partial charge in [0.2, 0.25) is 0 Å². The van der Waals surface area contributed by atoms with Crippen LogP contribution in [0.2, 0.25) is 0 Å². The molecule has 1 nitrogen and oxygen atoms in total. The van der Waals surface area contributed by atoms with Crippen LogP contribution in [0.25, 0.3) is 49.7 Å². The van der Waals surface area contributed by atoms with Gasteiger partial charge in [-0.3, -0.25) is 0 Å². The molecule has 0 bridgehead atoms. The van der Waals surface area contributed by atoms with Crippen molar-refractivity contribution in [3.63, 3.8) is 0 Å². The number of hydrogen-bond donors (Lipinski definition) is 0. The third-order valence-corrected chi connectivity index (χ3v) is 7.21. The highest BCUT2D eigenvalue weighted by Crippen LogP contribution is 2.38. The Morgan fingerprint density at radius 2 is 1.03 bits per heavy atom. The van der Waals surface area contributed by atoms with Gasteiger partial charge in [0.25, 0.3) is 0 Å². The summed E-state index contributed by atoms with van der Waals surface area (Å²) < 4.78 is 2.43. The second-order valence-corrected chi connectivity index (χ2v) is 9.77. The first-order valence-electron chi connectivity index (χ1n) is 12.3. The van der Waals surface area contributed by atoms with Crippen LogP contribution in [0.15, 0.2) is 103 Å². The highest BCUT2D eigenvalue weighted by molar-refractivity contribution is 6.11. The van der Waals surface area contributed by atoms with Crippen molar-refractivity contribution in [3.8, 4) is 27.9 Å². The molecule has 0 radical (unpaired) electrons. The Morgan fingerprint density at radius 1 is 0.457 bits per heavy atom. The van der Waals surface area contributed by atoms with Crippen molar-refractivity contribution < 1.29 is 0 Å². The lowest BCUT2D eigenvalue weighted by molar-refractivity contribution is 1.17. The largest absolute Gasteiger partial charge is 0.309 e. The maximum atomic E-state index is 2.43. The molecule has 5 aromatic carbocycles. The Labute approximate surface area is 207 Å². The SMILES string of the molecule is Cc1ccc(-n2c3cc(-c4ccccc4C)ccc3c3ccc(-c4ccc(C)cc4C)cc32)cc1. The third kappa shape index (κ3) is 3.65. The fourth-order valence-electron chi connectivity index (χ4n) is 5.36. The minimum absolute atomic E-state index is 1.19. The molecule has 0 atom stereocenters. The van der Waals surface area contributed by atoms with E-state index in [-0.39, 0.29) is 0 Å². The van der Waals surface area contributed by atoms with E-state index < -0.39 is 0 Å². The molecule has 1 heteroatoms. The molecular formula is C34H29N. The maximum Gasteiger partial charge on any atom is 0.0547 e. The highest BCUT2D eigenvalue weighted by Gasteiger charge is 2.15. The summed E-state index contributed by atoms with van der Waals surface area (Å²) in [5.41, 5.74) is 13.9. The topological polar surface area (TPSA) is 4.93 Å². The first kappa shape index (κ1) is 21.4. The van der Waals surface area contributed by atoms with Gasteiger partial charge in [0, 0.05) is 16.5 Å². The molecule has 0 saturated carbocycles. The lowest BCUT2D eigenvalue weighted by Gasteiger charge is -2.12. The number of benzene rings is 5. The van der Waals surface area contributed by atoms with Gasteiger partial charge in [0.1, 0.15) is 0 Å². The third-order valence-electron chi connectivity index (χ3n) is 7.21. The molecule has 0 unspecified atom stereocenters. The van der Waals surface area contributed by atoms with Crippen LogP contribution in [0.3, 0.4) is 0 Å². The lowest BCUT2D eigenvalue weighted by Crippen LogP contribution is -1.95. The highest BCUT2D eigenvalue weighted by atomic mass is 15.0. The van der Waals surface area contributed by atoms with E-state index >= 15 is 0 Å². The van der Waals surface area contributed by atoms with Gasteiger partial charge in [0.05, 0.1) is 11.0 Å². The van der Waals surface area contributed by atoms with Crippen LogP contribution in [-0.2, 0) is 0 Å². The number of nitrogens with zero attached hydrogens (tertiary/aromatic N) is 1. The molecule has 0 aliphatic carbocycles. The minimum atomic E-state index is 1.19. The second-order valence-electron chi connectivity index (χ2n) is 9.77. The van der Waals surface area contributed by atoms with Gasteiger partial charge >= 0.3 is 0 Å². The van der Waals surface area contributed by atoms with Gasteiger partial charge in [0.15, 0.2) is 0 Å². The summed E-state index contributed by atoms with van der Waals surface area (Å²) >= 11 is 0. The van der Waals surface area contributed by atoms with Crippen molar-refractivity contribution in [3.05, 3.63) is 125 Å². The smallest absolute Gasteiger partial charge is 0.0547 e. The number of rotatable bonds is 3. The molecule has 6 aromatic rings. The first-order valence-corrected chi connectivity index (χ1v) is 12.3. The van der Waals surface area contributed by atoms with E-state index in [0.29, 0.717) is 0 Å². The van der Waals surface area contributed by atoms with E-state index in [1.165, 1.54) is 72.0 Å². The molecule has 0 amide bonds. The minimum Gasteiger partial charge on any atom is -0.309 e. The van der Waals surface area contributed by atoms with Gasteiger partial charge in [-0.05, 0) is 85.3 Å². The Bertz CT molecular complexity index is 1710. The Balaban J connectivity index is 1.67. The van der Waals surface area contributed by atoms with E-state index in [1.54, 1.807) is 0 Å². The molecule has 1 aromatic heterocycles. The van der Waals surface area contributed by atoms with Crippen LogP contribution >= 0.6 is 0 Å². The second kappa shape index (κ2) is 8.29. The van der Waals surface area contributed by atoms with E-state index in [1.807, 2.05) is 0 Å². The molecule has 0 spiro atoms. The Morgan fingerprint density at radius 3 is 1.63 bits per heavy atom. The molecule has 0 fully saturated rings. The van der Waals surface area contributed by atoms with Crippen LogP contribution in [0, 0.1) is 27.7 Å². The van der Waals surface area contributed by atoms with Crippen LogP contribution < -0.4 is 0 Å². The first-order chi connectivity index (χ1) is 17.0. The number of aryl methyl sites for hydroxylation is 4. The molecule has 6 rings (SSSR count). The van der Waals surface area contributed by atoms with Crippen molar-refractivity contribution in [2.45, 2.75) is 27.7 Å². The van der Waals surface area contributed by atoms with Crippen LogP contribution in [0.1, 0.15) is 22.3 Å². The summed E-state index contributed by atoms with van der Waals surface area (Å²) in [5.74, 6) is 0. The van der Waals surface area contributed by atoms with Crippen molar-refractivity contribution in [1.82, 2.24) is 4.57 Å². The van der Waals surface area contributed by atoms with Gasteiger partial charge in [-0.15, -0.1) is 0 Å². The van der Waals surface area contributed by atoms with Crippen molar-refractivity contribution >= 4 is 21.8 Å². The summed E-state index contributed by atoms with van der Waals surface area (Å²) in [6.45, 7) is 8.69. The predicted octanol–water partition coefficient (Wildman–Crippen LogP) is 9.35. The van der Waals surface area contributed by atoms with Gasteiger partial charge in [-0.2, -0.15) is 0 Å². The zero-order chi connectivity index (χ0) is 24.1. The van der Waals surface area contributed by atoms with Crippen molar-refractivity contribution in [2.75, 3.05) is 0 Å². The quantitative estimate of drug-likeness (QED) is 0.252. The summed E-state index contributed by atoms with van der Waals surface area (Å²) in [7, 11) is 0. The molecular weight excluding hydrogens is 422 g/mol. The molecule has 0 N–H and O–H groups in total. The molecule has 0 saturated heterocycles. The number of aromatic nitrogens is 1. The monoisotopic (exact) mass is 451 g/mol. The molecule has 0 aliphatic heterocycles. The Hall–Kier alpha value is -4.10. The number of fused-ring (bicyclic) bond motifs is 3. The van der Waals surface area contributed by atoms with Crippen LogP contribution in [0.4, 0.5) is 0 Å². The van der Waals surface area contributed by atoms with Gasteiger partial charge < -0.3 is 4.57 Å². The van der Waals surface area contributed by atoms with Gasteiger partial charge in [-0.25, -0.2) is 0 Å². The summed E-state index contributed by atoms with van der Waals surface area (Å²) in [6, 6.07) is 38.1. The number of hydrogen-bond acceptors (Lipinski definition) is 0. The standard InChI is InChI=1S/C34H29N/c1-22-9-14-28(15-10-22)35-33-20-26(29-8-6-5-7-24(29)3)12-17-31(33)32-18-13-27(21-34(32)35)30-16-11-23(2)19-25(30)4/h5-21H,1-4H3. The average molecular weight is 452 g/mol. The Kier molecular flexibility index (Phi) is 5.07. The summed E-state index contributed by atoms with van der Waals surface area (Å²) in [6.07, 6.45) is 0. The van der Waals surface area contributed by atoms with E-state index in [4.69, 9.17) is 0 Å².